The van der Waals surface area contributed by atoms with Crippen molar-refractivity contribution in [3.8, 4) is 0 Å². The third kappa shape index (κ3) is 2.83. The number of carboxylic acids is 1. The molecule has 16 heavy (non-hydrogen) atoms. The van der Waals surface area contributed by atoms with Crippen molar-refractivity contribution in [3.05, 3.63) is 35.4 Å². The van der Waals surface area contributed by atoms with Gasteiger partial charge in [0.1, 0.15) is 5.54 Å². The van der Waals surface area contributed by atoms with Gasteiger partial charge >= 0.3 is 5.97 Å². The Morgan fingerprint density at radius 1 is 1.38 bits per heavy atom. The molecule has 0 radical (unpaired) electrons. The number of unbranched alkanes of at least 4 members (excludes halogenated alkanes) is 1. The zero-order valence-electron chi connectivity index (χ0n) is 9.86. The van der Waals surface area contributed by atoms with Gasteiger partial charge < -0.3 is 10.8 Å². The number of carbonyl (C=O) groups is 1. The van der Waals surface area contributed by atoms with Crippen LogP contribution < -0.4 is 5.73 Å². The maximum Gasteiger partial charge on any atom is 0.328 e. The summed E-state index contributed by atoms with van der Waals surface area (Å²) in [5.41, 5.74) is 6.30. The topological polar surface area (TPSA) is 63.3 Å². The van der Waals surface area contributed by atoms with Crippen LogP contribution >= 0.6 is 0 Å². The summed E-state index contributed by atoms with van der Waals surface area (Å²) in [6, 6.07) is 7.52. The van der Waals surface area contributed by atoms with Crippen molar-refractivity contribution in [3.63, 3.8) is 0 Å². The second kappa shape index (κ2) is 5.12. The van der Waals surface area contributed by atoms with E-state index in [0.29, 0.717) is 5.56 Å². The molecule has 0 saturated heterocycles. The molecule has 0 saturated carbocycles. The van der Waals surface area contributed by atoms with Gasteiger partial charge in [-0.2, -0.15) is 0 Å². The van der Waals surface area contributed by atoms with Crippen molar-refractivity contribution in [1.29, 1.82) is 0 Å². The van der Waals surface area contributed by atoms with Crippen LogP contribution in [0.5, 0.6) is 0 Å². The van der Waals surface area contributed by atoms with Crippen LogP contribution in [-0.4, -0.2) is 11.1 Å². The van der Waals surface area contributed by atoms with E-state index in [1.54, 1.807) is 12.1 Å². The molecule has 0 bridgehead atoms. The van der Waals surface area contributed by atoms with Crippen molar-refractivity contribution in [2.75, 3.05) is 0 Å². The molecule has 0 spiro atoms. The summed E-state index contributed by atoms with van der Waals surface area (Å²) < 4.78 is 0. The molecule has 3 heteroatoms. The lowest BCUT2D eigenvalue weighted by Gasteiger charge is -2.19. The summed E-state index contributed by atoms with van der Waals surface area (Å²) in [6.45, 7) is 3.66. The van der Waals surface area contributed by atoms with Crippen molar-refractivity contribution in [2.24, 2.45) is 5.73 Å². The zero-order valence-corrected chi connectivity index (χ0v) is 9.86. The SMILES string of the molecule is CCCCc1ccc(C(C)(N)C(=O)O)cc1. The Bertz CT molecular complexity index is 355. The fourth-order valence-corrected chi connectivity index (χ4v) is 1.52. The molecule has 0 amide bonds. The monoisotopic (exact) mass is 221 g/mol. The average Bonchev–Trinajstić information content (AvgIpc) is 2.26. The minimum Gasteiger partial charge on any atom is -0.480 e. The van der Waals surface area contributed by atoms with Gasteiger partial charge in [0, 0.05) is 0 Å². The first kappa shape index (κ1) is 12.7. The number of aryl methyl sites for hydroxylation is 1. The predicted octanol–water partition coefficient (Wildman–Crippen LogP) is 2.29. The Balaban J connectivity index is 2.82. The number of hydrogen-bond donors (Lipinski definition) is 2. The van der Waals surface area contributed by atoms with Crippen LogP contribution in [0.4, 0.5) is 0 Å². The highest BCUT2D eigenvalue weighted by molar-refractivity contribution is 5.79. The first-order valence-electron chi connectivity index (χ1n) is 5.60. The zero-order chi connectivity index (χ0) is 12.2. The molecule has 88 valence electrons. The molecule has 0 heterocycles. The van der Waals surface area contributed by atoms with Gasteiger partial charge in [-0.25, -0.2) is 4.79 Å². The first-order valence-corrected chi connectivity index (χ1v) is 5.60. The largest absolute Gasteiger partial charge is 0.480 e. The standard InChI is InChI=1S/C13H19NO2/c1-3-4-5-10-6-8-11(9-7-10)13(2,14)12(15)16/h6-9H,3-5,14H2,1-2H3,(H,15,16). The molecule has 0 aliphatic carbocycles. The Hall–Kier alpha value is -1.35. The number of carboxylic acid groups (broad SMARTS) is 1. The minimum atomic E-state index is -1.30. The molecular formula is C13H19NO2. The van der Waals surface area contributed by atoms with E-state index >= 15 is 0 Å². The lowest BCUT2D eigenvalue weighted by molar-refractivity contribution is -0.143. The third-order valence-electron chi connectivity index (χ3n) is 2.82. The van der Waals surface area contributed by atoms with Crippen LogP contribution in [0.2, 0.25) is 0 Å². The van der Waals surface area contributed by atoms with Gasteiger partial charge in [0.15, 0.2) is 0 Å². The van der Waals surface area contributed by atoms with Crippen LogP contribution in [-0.2, 0) is 16.8 Å². The summed E-state index contributed by atoms with van der Waals surface area (Å²) in [7, 11) is 0. The third-order valence-corrected chi connectivity index (χ3v) is 2.82. The Morgan fingerprint density at radius 3 is 2.38 bits per heavy atom. The first-order chi connectivity index (χ1) is 7.48. The van der Waals surface area contributed by atoms with E-state index in [0.717, 1.165) is 19.3 Å². The van der Waals surface area contributed by atoms with Crippen molar-refractivity contribution in [2.45, 2.75) is 38.6 Å². The van der Waals surface area contributed by atoms with E-state index in [2.05, 4.69) is 6.92 Å². The van der Waals surface area contributed by atoms with Crippen LogP contribution in [0.15, 0.2) is 24.3 Å². The highest BCUT2D eigenvalue weighted by atomic mass is 16.4. The minimum absolute atomic E-state index is 0.639. The van der Waals surface area contributed by atoms with Gasteiger partial charge in [-0.3, -0.25) is 0 Å². The summed E-state index contributed by atoms with van der Waals surface area (Å²) in [4.78, 5) is 11.0. The van der Waals surface area contributed by atoms with Gasteiger partial charge in [-0.1, -0.05) is 37.6 Å². The fraction of sp³-hybridized carbons (Fsp3) is 0.462. The molecule has 0 fully saturated rings. The van der Waals surface area contributed by atoms with E-state index in [4.69, 9.17) is 10.8 Å². The second-order valence-corrected chi connectivity index (χ2v) is 4.31. The number of rotatable bonds is 5. The molecule has 1 aromatic carbocycles. The van der Waals surface area contributed by atoms with E-state index in [1.807, 2.05) is 12.1 Å². The molecule has 0 aliphatic heterocycles. The van der Waals surface area contributed by atoms with Crippen molar-refractivity contribution >= 4 is 5.97 Å². The van der Waals surface area contributed by atoms with Gasteiger partial charge in [0.05, 0.1) is 0 Å². The van der Waals surface area contributed by atoms with Crippen LogP contribution in [0, 0.1) is 0 Å². The fourth-order valence-electron chi connectivity index (χ4n) is 1.52. The lowest BCUT2D eigenvalue weighted by Crippen LogP contribution is -2.41. The Labute approximate surface area is 96.3 Å². The average molecular weight is 221 g/mol. The number of nitrogens with two attached hydrogens (primary N) is 1. The molecule has 3 N–H and O–H groups in total. The molecule has 1 aromatic rings. The molecule has 1 unspecified atom stereocenters. The smallest absolute Gasteiger partial charge is 0.328 e. The van der Waals surface area contributed by atoms with Gasteiger partial charge in [-0.05, 0) is 30.9 Å². The second-order valence-electron chi connectivity index (χ2n) is 4.31. The van der Waals surface area contributed by atoms with Crippen molar-refractivity contribution < 1.29 is 9.90 Å². The maximum absolute atomic E-state index is 11.0. The van der Waals surface area contributed by atoms with Gasteiger partial charge in [-0.15, -0.1) is 0 Å². The Kier molecular flexibility index (Phi) is 4.07. The normalized spacial score (nSPS) is 14.4. The molecular weight excluding hydrogens is 202 g/mol. The highest BCUT2D eigenvalue weighted by Crippen LogP contribution is 2.19. The maximum atomic E-state index is 11.0. The summed E-state index contributed by atoms with van der Waals surface area (Å²) in [6.07, 6.45) is 3.34. The molecule has 1 atom stereocenters. The summed E-state index contributed by atoms with van der Waals surface area (Å²) in [5, 5.41) is 8.98. The van der Waals surface area contributed by atoms with Crippen LogP contribution in [0.3, 0.4) is 0 Å². The van der Waals surface area contributed by atoms with E-state index < -0.39 is 11.5 Å². The van der Waals surface area contributed by atoms with Crippen LogP contribution in [0.1, 0.15) is 37.8 Å². The quantitative estimate of drug-likeness (QED) is 0.801. The van der Waals surface area contributed by atoms with Crippen LogP contribution in [0.25, 0.3) is 0 Å². The van der Waals surface area contributed by atoms with E-state index in [-0.39, 0.29) is 0 Å². The molecule has 0 aliphatic rings. The summed E-state index contributed by atoms with van der Waals surface area (Å²) >= 11 is 0. The van der Waals surface area contributed by atoms with Gasteiger partial charge in [0.2, 0.25) is 0 Å². The lowest BCUT2D eigenvalue weighted by atomic mass is 9.92. The number of hydrogen-bond acceptors (Lipinski definition) is 2. The molecule has 1 rings (SSSR count). The molecule has 0 aromatic heterocycles. The molecule has 3 nitrogen and oxygen atoms in total. The predicted molar refractivity (Wildman–Crippen MR) is 64.2 cm³/mol. The number of benzene rings is 1. The number of aliphatic carboxylic acids is 1. The highest BCUT2D eigenvalue weighted by Gasteiger charge is 2.29. The Morgan fingerprint density at radius 2 is 1.94 bits per heavy atom. The van der Waals surface area contributed by atoms with Gasteiger partial charge in [0.25, 0.3) is 0 Å². The van der Waals surface area contributed by atoms with E-state index in [1.165, 1.54) is 12.5 Å². The van der Waals surface area contributed by atoms with Crippen molar-refractivity contribution in [1.82, 2.24) is 0 Å². The van der Waals surface area contributed by atoms with E-state index in [9.17, 15) is 4.79 Å². The summed E-state index contributed by atoms with van der Waals surface area (Å²) in [5.74, 6) is -1.01.